The predicted octanol–water partition coefficient (Wildman–Crippen LogP) is 4.38. The molecule has 0 bridgehead atoms. The number of nitrogens with zero attached hydrogens (tertiary/aromatic N) is 3. The molecule has 148 valence electrons. The third kappa shape index (κ3) is 3.56. The molecule has 3 heterocycles. The standard InChI is InChI=1S/C21H11Cl2N3O4/c22-17-13(6-3-9-24-17)19(27)26(20(28)14-7-4-10-25-18(14)23)15-11-12-5-1-2-8-16(12)30-21(15)29/h1-11H. The van der Waals surface area contributed by atoms with Gasteiger partial charge in [0, 0.05) is 17.8 Å². The van der Waals surface area contributed by atoms with E-state index in [1.165, 1.54) is 42.7 Å². The fourth-order valence-corrected chi connectivity index (χ4v) is 3.25. The van der Waals surface area contributed by atoms with Crippen LogP contribution in [0.4, 0.5) is 5.69 Å². The molecule has 2 amide bonds. The Kier molecular flexibility index (Phi) is 5.31. The second-order valence-corrected chi connectivity index (χ2v) is 6.80. The SMILES string of the molecule is O=C(c1cccnc1Cl)N(C(=O)c1cccnc1Cl)c1cc2ccccc2oc1=O. The highest BCUT2D eigenvalue weighted by Crippen LogP contribution is 2.25. The molecule has 3 aromatic heterocycles. The van der Waals surface area contributed by atoms with Crippen LogP contribution < -0.4 is 10.5 Å². The molecule has 0 fully saturated rings. The van der Waals surface area contributed by atoms with Gasteiger partial charge in [0.2, 0.25) is 0 Å². The van der Waals surface area contributed by atoms with Crippen LogP contribution in [0.5, 0.6) is 0 Å². The Labute approximate surface area is 179 Å². The minimum absolute atomic E-state index is 0.0694. The molecule has 0 aliphatic carbocycles. The highest BCUT2D eigenvalue weighted by atomic mass is 35.5. The fourth-order valence-electron chi connectivity index (χ4n) is 2.85. The van der Waals surface area contributed by atoms with Crippen LogP contribution in [0.1, 0.15) is 20.7 Å². The summed E-state index contributed by atoms with van der Waals surface area (Å²) >= 11 is 12.1. The molecular formula is C21H11Cl2N3O4. The van der Waals surface area contributed by atoms with E-state index in [4.69, 9.17) is 27.6 Å². The van der Waals surface area contributed by atoms with Gasteiger partial charge in [-0.3, -0.25) is 9.59 Å². The zero-order valence-electron chi connectivity index (χ0n) is 15.1. The van der Waals surface area contributed by atoms with Gasteiger partial charge in [-0.2, -0.15) is 0 Å². The minimum atomic E-state index is -0.879. The van der Waals surface area contributed by atoms with Crippen LogP contribution in [0.2, 0.25) is 10.3 Å². The van der Waals surface area contributed by atoms with Crippen molar-refractivity contribution in [3.8, 4) is 0 Å². The van der Waals surface area contributed by atoms with E-state index < -0.39 is 17.4 Å². The number of fused-ring (bicyclic) bond motifs is 1. The molecule has 0 spiro atoms. The average Bonchev–Trinajstić information content (AvgIpc) is 2.74. The van der Waals surface area contributed by atoms with Crippen molar-refractivity contribution in [1.29, 1.82) is 0 Å². The van der Waals surface area contributed by atoms with Crippen LogP contribution >= 0.6 is 23.2 Å². The maximum atomic E-state index is 13.3. The smallest absolute Gasteiger partial charge is 0.360 e. The maximum Gasteiger partial charge on any atom is 0.360 e. The number of carbonyl (C=O) groups is 2. The molecule has 7 nitrogen and oxygen atoms in total. The van der Waals surface area contributed by atoms with E-state index in [0.717, 1.165) is 0 Å². The van der Waals surface area contributed by atoms with Crippen LogP contribution in [0.15, 0.2) is 76.2 Å². The van der Waals surface area contributed by atoms with Crippen molar-refractivity contribution in [3.63, 3.8) is 0 Å². The van der Waals surface area contributed by atoms with Crippen LogP contribution in [-0.4, -0.2) is 21.8 Å². The summed E-state index contributed by atoms with van der Waals surface area (Å²) in [6.07, 6.45) is 2.79. The first-order chi connectivity index (χ1) is 14.5. The summed E-state index contributed by atoms with van der Waals surface area (Å²) in [4.78, 5) is 47.7. The number of pyridine rings is 2. The number of para-hydroxylation sites is 1. The lowest BCUT2D eigenvalue weighted by molar-refractivity contribution is 0.0896. The van der Waals surface area contributed by atoms with Gasteiger partial charge >= 0.3 is 5.63 Å². The number of hydrogen-bond acceptors (Lipinski definition) is 6. The second kappa shape index (κ2) is 8.06. The summed E-state index contributed by atoms with van der Waals surface area (Å²) in [7, 11) is 0. The molecular weight excluding hydrogens is 429 g/mol. The molecule has 9 heteroatoms. The van der Waals surface area contributed by atoms with Crippen molar-refractivity contribution in [2.45, 2.75) is 0 Å². The van der Waals surface area contributed by atoms with Gasteiger partial charge in [0.25, 0.3) is 11.8 Å². The highest BCUT2D eigenvalue weighted by molar-refractivity contribution is 6.38. The Morgan fingerprint density at radius 1 is 0.833 bits per heavy atom. The average molecular weight is 440 g/mol. The monoisotopic (exact) mass is 439 g/mol. The molecule has 0 radical (unpaired) electrons. The predicted molar refractivity (Wildman–Crippen MR) is 112 cm³/mol. The van der Waals surface area contributed by atoms with E-state index in [1.807, 2.05) is 0 Å². The van der Waals surface area contributed by atoms with Gasteiger partial charge in [-0.25, -0.2) is 19.7 Å². The molecule has 4 rings (SSSR count). The van der Waals surface area contributed by atoms with E-state index >= 15 is 0 Å². The Bertz CT molecular complexity index is 1300. The van der Waals surface area contributed by atoms with Crippen molar-refractivity contribution in [1.82, 2.24) is 9.97 Å². The summed E-state index contributed by atoms with van der Waals surface area (Å²) < 4.78 is 5.31. The highest BCUT2D eigenvalue weighted by Gasteiger charge is 2.32. The number of aromatic nitrogens is 2. The van der Waals surface area contributed by atoms with E-state index in [2.05, 4.69) is 9.97 Å². The summed E-state index contributed by atoms with van der Waals surface area (Å²) in [5.74, 6) is -1.72. The van der Waals surface area contributed by atoms with Crippen LogP contribution in [-0.2, 0) is 0 Å². The first kappa shape index (κ1) is 19.8. The lowest BCUT2D eigenvalue weighted by Gasteiger charge is -2.20. The molecule has 0 N–H and O–H groups in total. The second-order valence-electron chi connectivity index (χ2n) is 6.09. The molecule has 0 atom stereocenters. The number of anilines is 1. The lowest BCUT2D eigenvalue weighted by Crippen LogP contribution is -2.40. The van der Waals surface area contributed by atoms with Gasteiger partial charge < -0.3 is 4.42 Å². The van der Waals surface area contributed by atoms with E-state index in [-0.39, 0.29) is 27.1 Å². The number of halogens is 2. The lowest BCUT2D eigenvalue weighted by atomic mass is 10.1. The Morgan fingerprint density at radius 2 is 1.40 bits per heavy atom. The summed E-state index contributed by atoms with van der Waals surface area (Å²) in [6.45, 7) is 0. The zero-order valence-corrected chi connectivity index (χ0v) is 16.6. The Morgan fingerprint density at radius 3 is 1.97 bits per heavy atom. The molecule has 30 heavy (non-hydrogen) atoms. The van der Waals surface area contributed by atoms with E-state index in [9.17, 15) is 14.4 Å². The quantitative estimate of drug-likeness (QED) is 0.267. The molecule has 0 unspecified atom stereocenters. The topological polar surface area (TPSA) is 93.4 Å². The number of carbonyl (C=O) groups excluding carboxylic acids is 2. The molecule has 0 saturated heterocycles. The molecule has 0 saturated carbocycles. The Balaban J connectivity index is 1.95. The number of benzene rings is 1. The van der Waals surface area contributed by atoms with Gasteiger partial charge in [-0.1, -0.05) is 41.4 Å². The van der Waals surface area contributed by atoms with Crippen molar-refractivity contribution in [2.75, 3.05) is 4.90 Å². The van der Waals surface area contributed by atoms with Crippen molar-refractivity contribution in [3.05, 3.63) is 98.8 Å². The van der Waals surface area contributed by atoms with Crippen LogP contribution in [0.25, 0.3) is 11.0 Å². The largest absolute Gasteiger partial charge is 0.421 e. The summed E-state index contributed by atoms with van der Waals surface area (Å²) in [5, 5.41) is 0.276. The van der Waals surface area contributed by atoms with Gasteiger partial charge in [-0.05, 0) is 36.4 Å². The molecule has 1 aromatic carbocycles. The maximum absolute atomic E-state index is 13.3. The summed E-state index contributed by atoms with van der Waals surface area (Å²) in [6, 6.07) is 13.9. The van der Waals surface area contributed by atoms with Crippen molar-refractivity contribution < 1.29 is 14.0 Å². The fraction of sp³-hybridized carbons (Fsp3) is 0. The normalized spacial score (nSPS) is 10.7. The number of imide groups is 1. The summed E-state index contributed by atoms with van der Waals surface area (Å²) in [5.41, 5.74) is -0.996. The first-order valence-electron chi connectivity index (χ1n) is 8.60. The number of amides is 2. The zero-order chi connectivity index (χ0) is 21.3. The van der Waals surface area contributed by atoms with Crippen LogP contribution in [0, 0.1) is 0 Å². The minimum Gasteiger partial charge on any atom is -0.421 e. The third-order valence-corrected chi connectivity index (χ3v) is 4.85. The van der Waals surface area contributed by atoms with Gasteiger partial charge in [-0.15, -0.1) is 0 Å². The number of rotatable bonds is 3. The van der Waals surface area contributed by atoms with Gasteiger partial charge in [0.05, 0.1) is 11.1 Å². The molecule has 0 aliphatic rings. The van der Waals surface area contributed by atoms with Crippen molar-refractivity contribution >= 4 is 51.7 Å². The molecule has 4 aromatic rings. The van der Waals surface area contributed by atoms with Crippen LogP contribution in [0.3, 0.4) is 0 Å². The van der Waals surface area contributed by atoms with E-state index in [0.29, 0.717) is 15.9 Å². The third-order valence-electron chi connectivity index (χ3n) is 4.25. The first-order valence-corrected chi connectivity index (χ1v) is 9.35. The van der Waals surface area contributed by atoms with Crippen molar-refractivity contribution in [2.24, 2.45) is 0 Å². The Hall–Kier alpha value is -3.55. The van der Waals surface area contributed by atoms with Gasteiger partial charge in [0.1, 0.15) is 21.6 Å². The van der Waals surface area contributed by atoms with Gasteiger partial charge in [0.15, 0.2) is 0 Å². The van der Waals surface area contributed by atoms with E-state index in [1.54, 1.807) is 24.3 Å². The number of hydrogen-bond donors (Lipinski definition) is 0. The molecule has 0 aliphatic heterocycles.